The molecule has 2 aromatic rings. The molecule has 0 aliphatic carbocycles. The average molecular weight is 355 g/mol. The molecule has 0 bridgehead atoms. The van der Waals surface area contributed by atoms with Gasteiger partial charge in [-0.1, -0.05) is 29.7 Å². The summed E-state index contributed by atoms with van der Waals surface area (Å²) in [5.74, 6) is 0.765. The van der Waals surface area contributed by atoms with E-state index in [9.17, 15) is 8.42 Å². The molecule has 1 saturated heterocycles. The van der Waals surface area contributed by atoms with Crippen molar-refractivity contribution in [3.05, 3.63) is 46.3 Å². The number of aryl methyl sites for hydroxylation is 2. The molecule has 0 amide bonds. The van der Waals surface area contributed by atoms with Crippen molar-refractivity contribution in [1.29, 1.82) is 0 Å². The van der Waals surface area contributed by atoms with Gasteiger partial charge >= 0.3 is 0 Å². The molecule has 0 N–H and O–H groups in total. The molecule has 3 rings (SSSR count). The topological polar surface area (TPSA) is 63.4 Å². The summed E-state index contributed by atoms with van der Waals surface area (Å²) in [6, 6.07) is 6.18. The van der Waals surface area contributed by atoms with E-state index in [1.54, 1.807) is 22.5 Å². The second kappa shape index (κ2) is 6.26. The lowest BCUT2D eigenvalue weighted by molar-refractivity contribution is 0.368. The maximum atomic E-state index is 13.0. The zero-order valence-corrected chi connectivity index (χ0v) is 14.7. The van der Waals surface area contributed by atoms with Gasteiger partial charge in [0.2, 0.25) is 10.0 Å². The lowest BCUT2D eigenvalue weighted by Crippen LogP contribution is -2.31. The molecule has 1 atom stereocenters. The molecular formula is C16H19ClN2O3S. The first-order valence-corrected chi connectivity index (χ1v) is 9.49. The summed E-state index contributed by atoms with van der Waals surface area (Å²) in [6.07, 6.45) is 2.28. The van der Waals surface area contributed by atoms with Crippen molar-refractivity contribution >= 4 is 21.6 Å². The summed E-state index contributed by atoms with van der Waals surface area (Å²) in [7, 11) is -3.60. The summed E-state index contributed by atoms with van der Waals surface area (Å²) in [5, 5.41) is 4.43. The van der Waals surface area contributed by atoms with Gasteiger partial charge in [-0.15, -0.1) is 0 Å². The van der Waals surface area contributed by atoms with E-state index in [1.165, 1.54) is 6.07 Å². The second-order valence-electron chi connectivity index (χ2n) is 5.69. The number of hydrogen-bond acceptors (Lipinski definition) is 4. The number of nitrogens with zero attached hydrogens (tertiary/aromatic N) is 2. The highest BCUT2D eigenvalue weighted by atomic mass is 35.5. The van der Waals surface area contributed by atoms with Crippen LogP contribution in [0.3, 0.4) is 0 Å². The number of rotatable bonds is 4. The highest BCUT2D eigenvalue weighted by Gasteiger charge is 2.39. The lowest BCUT2D eigenvalue weighted by Gasteiger charge is -2.24. The second-order valence-corrected chi connectivity index (χ2v) is 8.02. The molecule has 23 heavy (non-hydrogen) atoms. The molecule has 0 radical (unpaired) electrons. The van der Waals surface area contributed by atoms with Crippen molar-refractivity contribution in [2.24, 2.45) is 0 Å². The molecular weight excluding hydrogens is 336 g/mol. The fourth-order valence-corrected chi connectivity index (χ4v) is 5.15. The van der Waals surface area contributed by atoms with E-state index in [4.69, 9.17) is 16.1 Å². The Morgan fingerprint density at radius 3 is 2.91 bits per heavy atom. The van der Waals surface area contributed by atoms with Crippen molar-refractivity contribution in [3.8, 4) is 0 Å². The van der Waals surface area contributed by atoms with Crippen LogP contribution in [-0.2, 0) is 16.4 Å². The van der Waals surface area contributed by atoms with E-state index in [2.05, 4.69) is 5.16 Å². The van der Waals surface area contributed by atoms with Crippen molar-refractivity contribution in [2.45, 2.75) is 44.0 Å². The Morgan fingerprint density at radius 2 is 2.22 bits per heavy atom. The summed E-state index contributed by atoms with van der Waals surface area (Å²) in [6.45, 7) is 4.34. The third kappa shape index (κ3) is 2.91. The van der Waals surface area contributed by atoms with E-state index in [0.29, 0.717) is 18.0 Å². The smallest absolute Gasteiger partial charge is 0.243 e. The number of hydrogen-bond donors (Lipinski definition) is 0. The van der Waals surface area contributed by atoms with Crippen LogP contribution < -0.4 is 0 Å². The molecule has 0 unspecified atom stereocenters. The Kier molecular flexibility index (Phi) is 4.49. The Bertz CT molecular complexity index is 816. The van der Waals surface area contributed by atoms with Crippen LogP contribution in [0, 0.1) is 6.92 Å². The minimum Gasteiger partial charge on any atom is -0.361 e. The Labute approximate surface area is 141 Å². The molecule has 0 saturated carbocycles. The highest BCUT2D eigenvalue weighted by molar-refractivity contribution is 7.89. The van der Waals surface area contributed by atoms with Crippen LogP contribution in [0.1, 0.15) is 42.8 Å². The van der Waals surface area contributed by atoms with Gasteiger partial charge in [0, 0.05) is 23.6 Å². The third-order valence-corrected chi connectivity index (χ3v) is 6.38. The predicted octanol–water partition coefficient (Wildman–Crippen LogP) is 3.72. The third-order valence-electron chi connectivity index (χ3n) is 4.24. The highest BCUT2D eigenvalue weighted by Crippen LogP contribution is 2.39. The first-order chi connectivity index (χ1) is 10.9. The van der Waals surface area contributed by atoms with Crippen LogP contribution in [0.5, 0.6) is 0 Å². The normalized spacial score (nSPS) is 19.3. The Morgan fingerprint density at radius 1 is 1.43 bits per heavy atom. The molecule has 1 aromatic carbocycles. The first kappa shape index (κ1) is 16.5. The van der Waals surface area contributed by atoms with Crippen molar-refractivity contribution in [2.75, 3.05) is 6.54 Å². The minimum atomic E-state index is -3.60. The minimum absolute atomic E-state index is 0.222. The molecule has 124 valence electrons. The Balaban J connectivity index is 2.03. The van der Waals surface area contributed by atoms with Crippen LogP contribution in [0.15, 0.2) is 33.7 Å². The molecule has 1 aliphatic rings. The monoisotopic (exact) mass is 354 g/mol. The summed E-state index contributed by atoms with van der Waals surface area (Å²) in [5.41, 5.74) is 1.68. The van der Waals surface area contributed by atoms with Gasteiger partial charge in [0.25, 0.3) is 0 Å². The van der Waals surface area contributed by atoms with Crippen LogP contribution >= 0.6 is 11.6 Å². The van der Waals surface area contributed by atoms with Crippen molar-refractivity contribution in [3.63, 3.8) is 0 Å². The van der Waals surface area contributed by atoms with Crippen molar-refractivity contribution in [1.82, 2.24) is 9.46 Å². The number of sulfonamides is 1. The Hall–Kier alpha value is -1.37. The van der Waals surface area contributed by atoms with Crippen LogP contribution in [0.2, 0.25) is 5.02 Å². The van der Waals surface area contributed by atoms with E-state index in [-0.39, 0.29) is 10.9 Å². The fraction of sp³-hybridized carbons (Fsp3) is 0.438. The van der Waals surface area contributed by atoms with Gasteiger partial charge in [-0.25, -0.2) is 8.42 Å². The van der Waals surface area contributed by atoms with Gasteiger partial charge < -0.3 is 4.52 Å². The molecule has 5 nitrogen and oxygen atoms in total. The van der Waals surface area contributed by atoms with Gasteiger partial charge in [0.05, 0.1) is 16.6 Å². The van der Waals surface area contributed by atoms with E-state index in [0.717, 1.165) is 29.9 Å². The molecule has 7 heteroatoms. The number of halogens is 1. The largest absolute Gasteiger partial charge is 0.361 e. The average Bonchev–Trinajstić information content (AvgIpc) is 3.13. The maximum Gasteiger partial charge on any atom is 0.243 e. The van der Waals surface area contributed by atoms with Crippen LogP contribution in [0.25, 0.3) is 0 Å². The summed E-state index contributed by atoms with van der Waals surface area (Å²) >= 11 is 5.96. The summed E-state index contributed by atoms with van der Waals surface area (Å²) in [4.78, 5) is 0.226. The fourth-order valence-electron chi connectivity index (χ4n) is 3.18. The standard InChI is InChI=1S/C16H19ClN2O3S/c1-3-15-16(11(2)18-22-15)14-8-5-9-19(14)23(20,21)13-7-4-6-12(17)10-13/h4,6-7,10,14H,3,5,8-9H2,1-2H3/t14-/m0/s1. The summed E-state index contributed by atoms with van der Waals surface area (Å²) < 4.78 is 32.9. The van der Waals surface area contributed by atoms with Crippen LogP contribution in [-0.4, -0.2) is 24.4 Å². The molecule has 0 spiro atoms. The van der Waals surface area contributed by atoms with Crippen LogP contribution in [0.4, 0.5) is 0 Å². The molecule has 2 heterocycles. The van der Waals surface area contributed by atoms with E-state index in [1.807, 2.05) is 13.8 Å². The molecule has 1 aliphatic heterocycles. The van der Waals surface area contributed by atoms with Gasteiger partial charge in [0.1, 0.15) is 5.76 Å². The molecule has 1 aromatic heterocycles. The lowest BCUT2D eigenvalue weighted by atomic mass is 10.0. The zero-order valence-electron chi connectivity index (χ0n) is 13.1. The van der Waals surface area contributed by atoms with Gasteiger partial charge in [-0.2, -0.15) is 4.31 Å². The van der Waals surface area contributed by atoms with Crippen molar-refractivity contribution < 1.29 is 12.9 Å². The zero-order chi connectivity index (χ0) is 16.6. The van der Waals surface area contributed by atoms with Gasteiger partial charge in [0.15, 0.2) is 0 Å². The number of aromatic nitrogens is 1. The maximum absolute atomic E-state index is 13.0. The first-order valence-electron chi connectivity index (χ1n) is 7.67. The predicted molar refractivity (Wildman–Crippen MR) is 87.9 cm³/mol. The number of benzene rings is 1. The van der Waals surface area contributed by atoms with Gasteiger partial charge in [-0.3, -0.25) is 0 Å². The van der Waals surface area contributed by atoms with E-state index < -0.39 is 10.0 Å². The van der Waals surface area contributed by atoms with E-state index >= 15 is 0 Å². The molecule has 1 fully saturated rings. The van der Waals surface area contributed by atoms with Gasteiger partial charge in [-0.05, 0) is 38.0 Å². The quantitative estimate of drug-likeness (QED) is 0.839. The SMILES string of the molecule is CCc1onc(C)c1[C@@H]1CCCN1S(=O)(=O)c1cccc(Cl)c1.